The molecule has 6 nitrogen and oxygen atoms in total. The third-order valence-electron chi connectivity index (χ3n) is 4.01. The van der Waals surface area contributed by atoms with E-state index in [0.717, 1.165) is 25.2 Å². The molecule has 1 unspecified atom stereocenters. The standard InChI is InChI=1S/C16H25F2N5O/c1-2-23-7-3-4-13(23)10-22-16(19)21-9-12-5-6-20-15(8-12)24-11-14(17)18/h5-6,8,13-14H,2-4,7,9-11H2,1H3,(H3,19,21,22). The molecule has 3 N–H and O–H groups in total. The molecule has 1 fully saturated rings. The number of likely N-dealkylation sites (tertiary alicyclic amines) is 1. The van der Waals surface area contributed by atoms with Crippen molar-refractivity contribution >= 4 is 5.96 Å². The smallest absolute Gasteiger partial charge is 0.272 e. The molecular weight excluding hydrogens is 316 g/mol. The summed E-state index contributed by atoms with van der Waals surface area (Å²) in [5.74, 6) is 0.545. The molecule has 1 aromatic heterocycles. The van der Waals surface area contributed by atoms with Crippen LogP contribution in [-0.4, -0.2) is 54.6 Å². The summed E-state index contributed by atoms with van der Waals surface area (Å²) in [4.78, 5) is 10.6. The fourth-order valence-electron chi connectivity index (χ4n) is 2.77. The maximum Gasteiger partial charge on any atom is 0.272 e. The number of hydrogen-bond acceptors (Lipinski definition) is 4. The summed E-state index contributed by atoms with van der Waals surface area (Å²) in [5.41, 5.74) is 6.70. The van der Waals surface area contributed by atoms with Crippen molar-refractivity contribution in [3.05, 3.63) is 23.9 Å². The molecule has 1 aliphatic rings. The van der Waals surface area contributed by atoms with Gasteiger partial charge in [-0.2, -0.15) is 0 Å². The number of nitrogens with two attached hydrogens (primary N) is 1. The molecule has 0 aromatic carbocycles. The normalized spacial score (nSPS) is 19.0. The Kier molecular flexibility index (Phi) is 7.17. The molecule has 8 heteroatoms. The van der Waals surface area contributed by atoms with Crippen LogP contribution >= 0.6 is 0 Å². The fourth-order valence-corrected chi connectivity index (χ4v) is 2.77. The molecule has 0 bridgehead atoms. The van der Waals surface area contributed by atoms with Gasteiger partial charge in [0.2, 0.25) is 5.88 Å². The number of aromatic nitrogens is 1. The number of likely N-dealkylation sites (N-methyl/N-ethyl adjacent to an activating group) is 1. The highest BCUT2D eigenvalue weighted by molar-refractivity contribution is 5.77. The summed E-state index contributed by atoms with van der Waals surface area (Å²) in [5, 5.41) is 3.15. The van der Waals surface area contributed by atoms with Gasteiger partial charge in [-0.1, -0.05) is 6.92 Å². The van der Waals surface area contributed by atoms with Crippen LogP contribution in [0.2, 0.25) is 0 Å². The highest BCUT2D eigenvalue weighted by Gasteiger charge is 2.22. The van der Waals surface area contributed by atoms with Gasteiger partial charge in [0.05, 0.1) is 6.54 Å². The Hall–Kier alpha value is -1.96. The molecule has 24 heavy (non-hydrogen) atoms. The van der Waals surface area contributed by atoms with Crippen molar-refractivity contribution in [2.24, 2.45) is 10.7 Å². The fraction of sp³-hybridized carbons (Fsp3) is 0.625. The summed E-state index contributed by atoms with van der Waals surface area (Å²) in [6.45, 7) is 4.79. The highest BCUT2D eigenvalue weighted by atomic mass is 19.3. The predicted molar refractivity (Wildman–Crippen MR) is 89.3 cm³/mol. The average molecular weight is 341 g/mol. The van der Waals surface area contributed by atoms with Crippen LogP contribution in [0.25, 0.3) is 0 Å². The van der Waals surface area contributed by atoms with Crippen LogP contribution in [0.15, 0.2) is 23.3 Å². The lowest BCUT2D eigenvalue weighted by molar-refractivity contribution is 0.0795. The Balaban J connectivity index is 1.80. The Morgan fingerprint density at radius 1 is 1.58 bits per heavy atom. The lowest BCUT2D eigenvalue weighted by Crippen LogP contribution is -2.42. The lowest BCUT2D eigenvalue weighted by Gasteiger charge is -2.23. The maximum absolute atomic E-state index is 12.1. The minimum Gasteiger partial charge on any atom is -0.472 e. The first kappa shape index (κ1) is 18.4. The van der Waals surface area contributed by atoms with Gasteiger partial charge in [0.25, 0.3) is 6.43 Å². The Morgan fingerprint density at radius 2 is 2.42 bits per heavy atom. The number of rotatable bonds is 8. The Morgan fingerprint density at radius 3 is 3.17 bits per heavy atom. The van der Waals surface area contributed by atoms with Crippen molar-refractivity contribution in [2.75, 3.05) is 26.2 Å². The minimum absolute atomic E-state index is 0.166. The van der Waals surface area contributed by atoms with Crippen molar-refractivity contribution in [1.82, 2.24) is 15.2 Å². The van der Waals surface area contributed by atoms with Crippen molar-refractivity contribution in [2.45, 2.75) is 38.8 Å². The molecule has 0 spiro atoms. The van der Waals surface area contributed by atoms with E-state index < -0.39 is 13.0 Å². The van der Waals surface area contributed by atoms with E-state index in [4.69, 9.17) is 10.5 Å². The number of pyridine rings is 1. The lowest BCUT2D eigenvalue weighted by atomic mass is 10.2. The maximum atomic E-state index is 12.1. The second kappa shape index (κ2) is 9.36. The molecule has 2 heterocycles. The van der Waals surface area contributed by atoms with E-state index >= 15 is 0 Å². The predicted octanol–water partition coefficient (Wildman–Crippen LogP) is 1.61. The molecule has 0 radical (unpaired) electrons. The van der Waals surface area contributed by atoms with E-state index in [1.807, 2.05) is 0 Å². The zero-order valence-electron chi connectivity index (χ0n) is 13.9. The van der Waals surface area contributed by atoms with Crippen molar-refractivity contribution in [3.8, 4) is 5.88 Å². The number of alkyl halides is 2. The highest BCUT2D eigenvalue weighted by Crippen LogP contribution is 2.15. The summed E-state index contributed by atoms with van der Waals surface area (Å²) < 4.78 is 29.2. The molecule has 134 valence electrons. The average Bonchev–Trinajstić information content (AvgIpc) is 3.04. The zero-order chi connectivity index (χ0) is 17.4. The number of hydrogen-bond donors (Lipinski definition) is 2. The van der Waals surface area contributed by atoms with Crippen LogP contribution in [0.3, 0.4) is 0 Å². The van der Waals surface area contributed by atoms with Crippen LogP contribution in [-0.2, 0) is 6.54 Å². The summed E-state index contributed by atoms with van der Waals surface area (Å²) in [6.07, 6.45) is 1.37. The number of nitrogens with zero attached hydrogens (tertiary/aromatic N) is 3. The number of ether oxygens (including phenoxy) is 1. The third-order valence-corrected chi connectivity index (χ3v) is 4.01. The summed E-state index contributed by atoms with van der Waals surface area (Å²) in [6, 6.07) is 3.84. The molecule has 1 aromatic rings. The van der Waals surface area contributed by atoms with Gasteiger partial charge >= 0.3 is 0 Å². The van der Waals surface area contributed by atoms with Gasteiger partial charge in [-0.3, -0.25) is 4.90 Å². The van der Waals surface area contributed by atoms with Crippen molar-refractivity contribution in [3.63, 3.8) is 0 Å². The Labute approximate surface area is 141 Å². The summed E-state index contributed by atoms with van der Waals surface area (Å²) >= 11 is 0. The van der Waals surface area contributed by atoms with Gasteiger partial charge in [-0.15, -0.1) is 0 Å². The van der Waals surface area contributed by atoms with Crippen LogP contribution in [0, 0.1) is 0 Å². The molecule has 1 aliphatic heterocycles. The van der Waals surface area contributed by atoms with Gasteiger partial charge in [0.1, 0.15) is 0 Å². The molecule has 0 amide bonds. The van der Waals surface area contributed by atoms with Crippen LogP contribution in [0.5, 0.6) is 5.88 Å². The van der Waals surface area contributed by atoms with Gasteiger partial charge in [0.15, 0.2) is 12.6 Å². The first-order chi connectivity index (χ1) is 11.6. The zero-order valence-corrected chi connectivity index (χ0v) is 13.9. The SMILES string of the molecule is CCN1CCCC1CNC(N)=NCc1ccnc(OCC(F)F)c1. The van der Waals surface area contributed by atoms with Crippen molar-refractivity contribution < 1.29 is 13.5 Å². The largest absolute Gasteiger partial charge is 0.472 e. The first-order valence-electron chi connectivity index (χ1n) is 8.22. The monoisotopic (exact) mass is 341 g/mol. The number of guanidine groups is 1. The molecule has 0 saturated carbocycles. The van der Waals surface area contributed by atoms with Crippen LogP contribution in [0.4, 0.5) is 8.78 Å². The van der Waals surface area contributed by atoms with Gasteiger partial charge < -0.3 is 15.8 Å². The first-order valence-corrected chi connectivity index (χ1v) is 8.22. The number of nitrogens with one attached hydrogen (secondary N) is 1. The van der Waals surface area contributed by atoms with E-state index in [2.05, 4.69) is 27.1 Å². The van der Waals surface area contributed by atoms with Crippen molar-refractivity contribution in [1.29, 1.82) is 0 Å². The minimum atomic E-state index is -2.52. The van der Waals surface area contributed by atoms with E-state index in [9.17, 15) is 8.78 Å². The van der Waals surface area contributed by atoms with E-state index in [-0.39, 0.29) is 5.88 Å². The quantitative estimate of drug-likeness (QED) is 0.555. The molecule has 0 aliphatic carbocycles. The van der Waals surface area contributed by atoms with Gasteiger partial charge in [-0.05, 0) is 37.6 Å². The summed E-state index contributed by atoms with van der Waals surface area (Å²) in [7, 11) is 0. The van der Waals surface area contributed by atoms with Crippen LogP contribution < -0.4 is 15.8 Å². The van der Waals surface area contributed by atoms with Crippen LogP contribution in [0.1, 0.15) is 25.3 Å². The van der Waals surface area contributed by atoms with E-state index in [1.165, 1.54) is 19.0 Å². The van der Waals surface area contributed by atoms with Gasteiger partial charge in [-0.25, -0.2) is 18.8 Å². The molecular formula is C16H25F2N5O. The Bertz CT molecular complexity index is 541. The van der Waals surface area contributed by atoms with E-state index in [1.54, 1.807) is 12.1 Å². The molecule has 1 saturated heterocycles. The second-order valence-electron chi connectivity index (χ2n) is 5.71. The van der Waals surface area contributed by atoms with Gasteiger partial charge in [0, 0.05) is 24.8 Å². The topological polar surface area (TPSA) is 75.8 Å². The number of halogens is 2. The third kappa shape index (κ3) is 5.92. The molecule has 2 rings (SSSR count). The number of aliphatic imine (C=N–C) groups is 1. The van der Waals surface area contributed by atoms with E-state index in [0.29, 0.717) is 18.5 Å². The second-order valence-corrected chi connectivity index (χ2v) is 5.71. The molecule has 1 atom stereocenters.